The molecule has 0 bridgehead atoms. The minimum absolute atomic E-state index is 0.110. The molecule has 3 rings (SSSR count). The highest BCUT2D eigenvalue weighted by molar-refractivity contribution is 6.29. The van der Waals surface area contributed by atoms with Crippen LogP contribution in [-0.2, 0) is 0 Å². The highest BCUT2D eigenvalue weighted by Gasteiger charge is 2.14. The molecule has 0 unspecified atom stereocenters. The summed E-state index contributed by atoms with van der Waals surface area (Å²) < 4.78 is 27.8. The molecule has 2 heterocycles. The van der Waals surface area contributed by atoms with Crippen LogP contribution in [0, 0.1) is 11.6 Å². The second-order valence-corrected chi connectivity index (χ2v) is 3.96. The Labute approximate surface area is 105 Å². The highest BCUT2D eigenvalue weighted by atomic mass is 35.5. The van der Waals surface area contributed by atoms with Gasteiger partial charge < -0.3 is 0 Å². The van der Waals surface area contributed by atoms with E-state index in [-0.39, 0.29) is 16.5 Å². The van der Waals surface area contributed by atoms with E-state index in [0.29, 0.717) is 5.65 Å². The quantitative estimate of drug-likeness (QED) is 0.680. The number of halogens is 3. The lowest BCUT2D eigenvalue weighted by Gasteiger charge is -2.01. The standard InChI is InChI=1S/C11H5ClF2N4/c12-9-3-4-10-15-16-11(18(10)17-9)7-2-1-6(13)5-8(7)14/h1-5H. The predicted molar refractivity (Wildman–Crippen MR) is 61.1 cm³/mol. The summed E-state index contributed by atoms with van der Waals surface area (Å²) in [7, 11) is 0. The zero-order valence-corrected chi connectivity index (χ0v) is 9.57. The molecule has 0 saturated heterocycles. The van der Waals surface area contributed by atoms with Gasteiger partial charge in [0.05, 0.1) is 5.56 Å². The number of hydrogen-bond donors (Lipinski definition) is 0. The van der Waals surface area contributed by atoms with Crippen molar-refractivity contribution in [1.82, 2.24) is 19.8 Å². The first-order valence-corrected chi connectivity index (χ1v) is 5.36. The van der Waals surface area contributed by atoms with Crippen LogP contribution in [0.2, 0.25) is 5.15 Å². The van der Waals surface area contributed by atoms with Crippen molar-refractivity contribution in [3.05, 3.63) is 47.1 Å². The van der Waals surface area contributed by atoms with Gasteiger partial charge in [-0.25, -0.2) is 8.78 Å². The number of nitrogens with zero attached hydrogens (tertiary/aromatic N) is 4. The molecule has 0 radical (unpaired) electrons. The van der Waals surface area contributed by atoms with Crippen LogP contribution in [0.1, 0.15) is 0 Å². The largest absolute Gasteiger partial charge is 0.207 e. The molecule has 0 N–H and O–H groups in total. The van der Waals surface area contributed by atoms with Crippen LogP contribution >= 0.6 is 11.6 Å². The van der Waals surface area contributed by atoms with Crippen LogP contribution in [0.5, 0.6) is 0 Å². The van der Waals surface area contributed by atoms with Crippen LogP contribution in [-0.4, -0.2) is 19.8 Å². The van der Waals surface area contributed by atoms with Gasteiger partial charge in [-0.1, -0.05) is 11.6 Å². The molecule has 18 heavy (non-hydrogen) atoms. The second-order valence-electron chi connectivity index (χ2n) is 3.57. The third-order valence-electron chi connectivity index (χ3n) is 2.40. The first-order chi connectivity index (χ1) is 8.65. The van der Waals surface area contributed by atoms with Gasteiger partial charge in [0.25, 0.3) is 0 Å². The van der Waals surface area contributed by atoms with Crippen molar-refractivity contribution in [3.8, 4) is 11.4 Å². The zero-order valence-electron chi connectivity index (χ0n) is 8.81. The summed E-state index contributed by atoms with van der Waals surface area (Å²) in [6.45, 7) is 0. The van der Waals surface area contributed by atoms with E-state index >= 15 is 0 Å². The molecular formula is C11H5ClF2N4. The van der Waals surface area contributed by atoms with E-state index < -0.39 is 11.6 Å². The monoisotopic (exact) mass is 266 g/mol. The number of rotatable bonds is 1. The summed E-state index contributed by atoms with van der Waals surface area (Å²) in [5, 5.41) is 11.9. The summed E-state index contributed by atoms with van der Waals surface area (Å²) in [6.07, 6.45) is 0. The Balaban J connectivity index is 2.28. The van der Waals surface area contributed by atoms with E-state index in [1.54, 1.807) is 12.1 Å². The van der Waals surface area contributed by atoms with Crippen LogP contribution in [0.3, 0.4) is 0 Å². The Hall–Kier alpha value is -2.08. The Morgan fingerprint density at radius 1 is 1.06 bits per heavy atom. The number of benzene rings is 1. The van der Waals surface area contributed by atoms with Gasteiger partial charge in [-0.05, 0) is 24.3 Å². The van der Waals surface area contributed by atoms with Gasteiger partial charge in [-0.15, -0.1) is 10.2 Å². The number of hydrogen-bond acceptors (Lipinski definition) is 3. The molecule has 0 fully saturated rings. The van der Waals surface area contributed by atoms with Crippen molar-refractivity contribution in [2.75, 3.05) is 0 Å². The van der Waals surface area contributed by atoms with Gasteiger partial charge in [-0.2, -0.15) is 9.61 Å². The molecule has 1 aromatic carbocycles. The van der Waals surface area contributed by atoms with Crippen molar-refractivity contribution in [2.45, 2.75) is 0 Å². The Morgan fingerprint density at radius 2 is 1.89 bits per heavy atom. The molecule has 4 nitrogen and oxygen atoms in total. The normalized spacial score (nSPS) is 11.1. The summed E-state index contributed by atoms with van der Waals surface area (Å²) in [4.78, 5) is 0. The van der Waals surface area contributed by atoms with Gasteiger partial charge >= 0.3 is 0 Å². The minimum atomic E-state index is -0.730. The maximum absolute atomic E-state index is 13.7. The Kier molecular flexibility index (Phi) is 2.45. The molecule has 0 atom stereocenters. The molecule has 3 aromatic rings. The first-order valence-electron chi connectivity index (χ1n) is 4.98. The van der Waals surface area contributed by atoms with Gasteiger partial charge in [-0.3, -0.25) is 0 Å². The lowest BCUT2D eigenvalue weighted by atomic mass is 10.2. The summed E-state index contributed by atoms with van der Waals surface area (Å²) in [5.74, 6) is -1.22. The topological polar surface area (TPSA) is 43.1 Å². The maximum atomic E-state index is 13.7. The molecule has 90 valence electrons. The molecule has 0 aliphatic heterocycles. The lowest BCUT2D eigenvalue weighted by molar-refractivity contribution is 0.584. The SMILES string of the molecule is Fc1ccc(-c2nnc3ccc(Cl)nn23)c(F)c1. The van der Waals surface area contributed by atoms with Crippen molar-refractivity contribution in [2.24, 2.45) is 0 Å². The van der Waals surface area contributed by atoms with E-state index in [1.165, 1.54) is 10.6 Å². The van der Waals surface area contributed by atoms with Crippen LogP contribution in [0.4, 0.5) is 8.78 Å². The Bertz CT molecular complexity index is 741. The summed E-state index contributed by atoms with van der Waals surface area (Å²) in [6, 6.07) is 6.36. The maximum Gasteiger partial charge on any atom is 0.188 e. The van der Waals surface area contributed by atoms with E-state index in [0.717, 1.165) is 12.1 Å². The van der Waals surface area contributed by atoms with Gasteiger partial charge in [0.1, 0.15) is 16.8 Å². The van der Waals surface area contributed by atoms with E-state index in [4.69, 9.17) is 11.6 Å². The van der Waals surface area contributed by atoms with Crippen molar-refractivity contribution >= 4 is 17.2 Å². The third kappa shape index (κ3) is 1.70. The molecule has 7 heteroatoms. The fourth-order valence-corrected chi connectivity index (χ4v) is 1.74. The van der Waals surface area contributed by atoms with E-state index in [2.05, 4.69) is 15.3 Å². The first kappa shape index (κ1) is 11.0. The summed E-state index contributed by atoms with van der Waals surface area (Å²) >= 11 is 5.76. The van der Waals surface area contributed by atoms with Crippen molar-refractivity contribution < 1.29 is 8.78 Å². The van der Waals surface area contributed by atoms with Crippen LogP contribution in [0.15, 0.2) is 30.3 Å². The Morgan fingerprint density at radius 3 is 2.67 bits per heavy atom. The predicted octanol–water partition coefficient (Wildman–Crippen LogP) is 2.72. The van der Waals surface area contributed by atoms with Gasteiger partial charge in [0.15, 0.2) is 11.5 Å². The molecule has 0 spiro atoms. The van der Waals surface area contributed by atoms with Crippen LogP contribution < -0.4 is 0 Å². The fourth-order valence-electron chi connectivity index (χ4n) is 1.61. The van der Waals surface area contributed by atoms with Crippen molar-refractivity contribution in [3.63, 3.8) is 0 Å². The molecular weight excluding hydrogens is 262 g/mol. The minimum Gasteiger partial charge on any atom is -0.207 e. The number of fused-ring (bicyclic) bond motifs is 1. The smallest absolute Gasteiger partial charge is 0.188 e. The second kappa shape index (κ2) is 3.99. The van der Waals surface area contributed by atoms with E-state index in [1.807, 2.05) is 0 Å². The van der Waals surface area contributed by atoms with E-state index in [9.17, 15) is 8.78 Å². The molecule has 0 aliphatic carbocycles. The summed E-state index contributed by atoms with van der Waals surface area (Å²) in [5.41, 5.74) is 0.539. The molecule has 0 aliphatic rings. The van der Waals surface area contributed by atoms with Gasteiger partial charge in [0, 0.05) is 6.07 Å². The van der Waals surface area contributed by atoms with Crippen molar-refractivity contribution in [1.29, 1.82) is 0 Å². The molecule has 2 aromatic heterocycles. The third-order valence-corrected chi connectivity index (χ3v) is 2.60. The number of aromatic nitrogens is 4. The average molecular weight is 267 g/mol. The fraction of sp³-hybridized carbons (Fsp3) is 0. The lowest BCUT2D eigenvalue weighted by Crippen LogP contribution is -1.97. The molecule has 0 amide bonds. The van der Waals surface area contributed by atoms with Crippen LogP contribution in [0.25, 0.3) is 17.0 Å². The average Bonchev–Trinajstić information content (AvgIpc) is 2.72. The molecule has 0 saturated carbocycles. The highest BCUT2D eigenvalue weighted by Crippen LogP contribution is 2.22. The zero-order chi connectivity index (χ0) is 12.7. The van der Waals surface area contributed by atoms with Gasteiger partial charge in [0.2, 0.25) is 0 Å².